The molecule has 0 aromatic carbocycles. The van der Waals surface area contributed by atoms with E-state index in [1.54, 1.807) is 7.11 Å². The highest BCUT2D eigenvalue weighted by Crippen LogP contribution is 2.52. The number of carbonyl (C=O) groups excluding carboxylic acids is 1. The highest BCUT2D eigenvalue weighted by atomic mass is 19.4. The van der Waals surface area contributed by atoms with Crippen LogP contribution >= 0.6 is 0 Å². The van der Waals surface area contributed by atoms with Gasteiger partial charge in [0, 0.05) is 32.9 Å². The van der Waals surface area contributed by atoms with Gasteiger partial charge in [0.15, 0.2) is 0 Å². The van der Waals surface area contributed by atoms with Crippen molar-refractivity contribution in [1.29, 1.82) is 0 Å². The molecule has 6 atom stereocenters. The largest absolute Gasteiger partial charge is 0.433 e. The molecular weight excluding hydrogens is 473 g/mol. The molecule has 7 nitrogen and oxygen atoms in total. The SMILES string of the molecule is CO[C@@H]1COCC[C@@H]1C[C@@H]1CC[C@@](C(=O)N2C[C@H]3C[C@@H]2CN3c2cc(C(F)(F)F)ncn2)(C(C)C)C1. The van der Waals surface area contributed by atoms with Crippen LogP contribution in [0.5, 0.6) is 0 Å². The fraction of sp³-hybridized carbons (Fsp3) is 0.808. The summed E-state index contributed by atoms with van der Waals surface area (Å²) < 4.78 is 50.7. The number of carbonyl (C=O) groups is 1. The van der Waals surface area contributed by atoms with Gasteiger partial charge >= 0.3 is 6.18 Å². The highest BCUT2D eigenvalue weighted by Gasteiger charge is 2.54. The Balaban J connectivity index is 1.26. The van der Waals surface area contributed by atoms with Gasteiger partial charge in [0.2, 0.25) is 5.91 Å². The molecule has 0 radical (unpaired) electrons. The first-order valence-corrected chi connectivity index (χ1v) is 13.2. The number of hydrogen-bond acceptors (Lipinski definition) is 6. The molecule has 3 saturated heterocycles. The molecule has 4 fully saturated rings. The summed E-state index contributed by atoms with van der Waals surface area (Å²) in [4.78, 5) is 25.5. The number of methoxy groups -OCH3 is 1. The Bertz CT molecular complexity index is 961. The van der Waals surface area contributed by atoms with Crippen LogP contribution in [0, 0.1) is 23.2 Å². The molecule has 0 unspecified atom stereocenters. The molecule has 1 aliphatic carbocycles. The lowest BCUT2D eigenvalue weighted by Gasteiger charge is -2.42. The van der Waals surface area contributed by atoms with Crippen molar-refractivity contribution >= 4 is 11.7 Å². The minimum Gasteiger partial charge on any atom is -0.379 e. The zero-order chi connectivity index (χ0) is 25.7. The smallest absolute Gasteiger partial charge is 0.379 e. The number of anilines is 1. The monoisotopic (exact) mass is 510 g/mol. The third-order valence-electron chi connectivity index (χ3n) is 9.30. The lowest BCUT2D eigenvalue weighted by molar-refractivity contribution is -0.146. The van der Waals surface area contributed by atoms with E-state index in [1.807, 2.05) is 9.80 Å². The Kier molecular flexibility index (Phi) is 6.95. The maximum absolute atomic E-state index is 14.1. The number of fused-ring (bicyclic) bond motifs is 2. The molecule has 36 heavy (non-hydrogen) atoms. The number of hydrogen-bond donors (Lipinski definition) is 0. The summed E-state index contributed by atoms with van der Waals surface area (Å²) in [5.74, 6) is 1.73. The average Bonchev–Trinajstić information content (AvgIpc) is 3.58. The van der Waals surface area contributed by atoms with Gasteiger partial charge in [-0.25, -0.2) is 9.97 Å². The van der Waals surface area contributed by atoms with Crippen molar-refractivity contribution in [3.63, 3.8) is 0 Å². The summed E-state index contributed by atoms with van der Waals surface area (Å²) in [6.45, 7) is 6.79. The molecule has 1 amide bonds. The Morgan fingerprint density at radius 3 is 2.72 bits per heavy atom. The number of likely N-dealkylation sites (tertiary alicyclic amines) is 1. The van der Waals surface area contributed by atoms with Crippen LogP contribution in [0.3, 0.4) is 0 Å². The molecule has 1 saturated carbocycles. The average molecular weight is 511 g/mol. The molecule has 0 spiro atoms. The maximum Gasteiger partial charge on any atom is 0.433 e. The van der Waals surface area contributed by atoms with Crippen molar-refractivity contribution in [1.82, 2.24) is 14.9 Å². The van der Waals surface area contributed by atoms with Crippen molar-refractivity contribution in [3.8, 4) is 0 Å². The molecule has 2 bridgehead atoms. The Labute approximate surface area is 210 Å². The first-order chi connectivity index (χ1) is 17.1. The van der Waals surface area contributed by atoms with E-state index in [4.69, 9.17) is 9.47 Å². The van der Waals surface area contributed by atoms with Gasteiger partial charge in [0.1, 0.15) is 17.8 Å². The van der Waals surface area contributed by atoms with Crippen LogP contribution in [0.4, 0.5) is 19.0 Å². The van der Waals surface area contributed by atoms with Crippen LogP contribution in [0.2, 0.25) is 0 Å². The summed E-state index contributed by atoms with van der Waals surface area (Å²) in [6.07, 6.45) is 2.29. The van der Waals surface area contributed by atoms with Crippen molar-refractivity contribution in [2.75, 3.05) is 38.3 Å². The number of piperazine rings is 1. The van der Waals surface area contributed by atoms with Crippen LogP contribution in [-0.4, -0.2) is 72.4 Å². The second-order valence-corrected chi connectivity index (χ2v) is 11.5. The van der Waals surface area contributed by atoms with Crippen molar-refractivity contribution in [2.45, 2.75) is 76.7 Å². The molecule has 10 heteroatoms. The van der Waals surface area contributed by atoms with E-state index in [0.717, 1.165) is 57.5 Å². The number of halogens is 3. The van der Waals surface area contributed by atoms with E-state index < -0.39 is 11.9 Å². The molecule has 3 aliphatic heterocycles. The number of ether oxygens (including phenoxy) is 2. The normalized spacial score (nSPS) is 34.7. The molecule has 0 N–H and O–H groups in total. The number of alkyl halides is 3. The topological polar surface area (TPSA) is 67.8 Å². The second-order valence-electron chi connectivity index (χ2n) is 11.5. The van der Waals surface area contributed by atoms with Gasteiger partial charge in [-0.15, -0.1) is 0 Å². The zero-order valence-electron chi connectivity index (χ0n) is 21.3. The van der Waals surface area contributed by atoms with Gasteiger partial charge in [-0.05, 0) is 56.3 Å². The fourth-order valence-electron chi connectivity index (χ4n) is 7.20. The van der Waals surface area contributed by atoms with Crippen molar-refractivity contribution < 1.29 is 27.4 Å². The Morgan fingerprint density at radius 1 is 1.25 bits per heavy atom. The predicted octanol–water partition coefficient (Wildman–Crippen LogP) is 4.17. The number of nitrogens with zero attached hydrogens (tertiary/aromatic N) is 4. The minimum absolute atomic E-state index is 0.00911. The van der Waals surface area contributed by atoms with Crippen LogP contribution in [-0.2, 0) is 20.4 Å². The standard InChI is InChI=1S/C26H37F3N4O3/c1-16(2)25(6-4-17(11-25)8-18-5-7-36-14-21(18)35-3)24(34)33-13-19-9-20(33)12-32(19)23-10-22(26(27,28)29)30-15-31-23/h10,15-21H,4-9,11-14H2,1-3H3/t17-,18+,19+,20+,21+,25-/m0/s1. The first kappa shape index (κ1) is 25.7. The van der Waals surface area contributed by atoms with Crippen LogP contribution in [0.15, 0.2) is 12.4 Å². The molecule has 200 valence electrons. The lowest BCUT2D eigenvalue weighted by atomic mass is 9.73. The van der Waals surface area contributed by atoms with E-state index in [2.05, 4.69) is 23.8 Å². The minimum atomic E-state index is -4.50. The van der Waals surface area contributed by atoms with E-state index >= 15 is 0 Å². The summed E-state index contributed by atoms with van der Waals surface area (Å²) in [6, 6.07) is 1.02. The van der Waals surface area contributed by atoms with Crippen molar-refractivity contribution in [3.05, 3.63) is 18.1 Å². The summed E-state index contributed by atoms with van der Waals surface area (Å²) in [5, 5.41) is 0. The number of aromatic nitrogens is 2. The zero-order valence-corrected chi connectivity index (χ0v) is 21.3. The Morgan fingerprint density at radius 2 is 2.06 bits per heavy atom. The fourth-order valence-corrected chi connectivity index (χ4v) is 7.20. The van der Waals surface area contributed by atoms with Crippen LogP contribution in [0.25, 0.3) is 0 Å². The number of amides is 1. The second kappa shape index (κ2) is 9.74. The van der Waals surface area contributed by atoms with Gasteiger partial charge < -0.3 is 19.3 Å². The van der Waals surface area contributed by atoms with Gasteiger partial charge in [0.25, 0.3) is 0 Å². The van der Waals surface area contributed by atoms with Crippen LogP contribution < -0.4 is 4.90 Å². The van der Waals surface area contributed by atoms with E-state index in [1.165, 1.54) is 0 Å². The summed E-state index contributed by atoms with van der Waals surface area (Å²) in [5.41, 5.74) is -1.30. The molecule has 4 heterocycles. The lowest BCUT2D eigenvalue weighted by Crippen LogP contribution is -2.54. The van der Waals surface area contributed by atoms with E-state index in [0.29, 0.717) is 37.4 Å². The highest BCUT2D eigenvalue weighted by molar-refractivity contribution is 5.84. The third-order valence-corrected chi connectivity index (χ3v) is 9.30. The Hall–Kier alpha value is -1.94. The summed E-state index contributed by atoms with van der Waals surface area (Å²) >= 11 is 0. The predicted molar refractivity (Wildman–Crippen MR) is 127 cm³/mol. The van der Waals surface area contributed by atoms with Crippen LogP contribution in [0.1, 0.15) is 58.1 Å². The molecule has 1 aromatic heterocycles. The molecule has 4 aliphatic rings. The van der Waals surface area contributed by atoms with Gasteiger partial charge in [0.05, 0.1) is 30.2 Å². The maximum atomic E-state index is 14.1. The molecule has 1 aromatic rings. The van der Waals surface area contributed by atoms with Gasteiger partial charge in [-0.1, -0.05) is 13.8 Å². The van der Waals surface area contributed by atoms with E-state index in [9.17, 15) is 18.0 Å². The summed E-state index contributed by atoms with van der Waals surface area (Å²) in [7, 11) is 1.75. The quantitative estimate of drug-likeness (QED) is 0.572. The number of rotatable bonds is 6. The third kappa shape index (κ3) is 4.59. The van der Waals surface area contributed by atoms with Crippen molar-refractivity contribution in [2.24, 2.45) is 23.2 Å². The molecule has 5 rings (SSSR count). The van der Waals surface area contributed by atoms with E-state index in [-0.39, 0.29) is 35.4 Å². The molecular formula is C26H37F3N4O3. The first-order valence-electron chi connectivity index (χ1n) is 13.2. The van der Waals surface area contributed by atoms with Gasteiger partial charge in [-0.2, -0.15) is 13.2 Å². The van der Waals surface area contributed by atoms with Gasteiger partial charge in [-0.3, -0.25) is 4.79 Å².